The van der Waals surface area contributed by atoms with Crippen LogP contribution in [0.2, 0.25) is 0 Å². The summed E-state index contributed by atoms with van der Waals surface area (Å²) in [7, 11) is 2.08. The first-order valence-corrected chi connectivity index (χ1v) is 12.2. The molecule has 5 heteroatoms. The molecule has 3 N–H and O–H groups in total. The highest BCUT2D eigenvalue weighted by molar-refractivity contribution is 5.69. The van der Waals surface area contributed by atoms with Crippen molar-refractivity contribution in [2.24, 2.45) is 22.7 Å². The molecule has 4 atom stereocenters. The van der Waals surface area contributed by atoms with Crippen LogP contribution in [0.1, 0.15) is 73.1 Å². The number of nitrogens with zero attached hydrogens (tertiary/aromatic N) is 3. The van der Waals surface area contributed by atoms with Crippen LogP contribution in [0.5, 0.6) is 0 Å². The average molecular weight is 425 g/mol. The molecule has 0 radical (unpaired) electrons. The van der Waals surface area contributed by atoms with Gasteiger partial charge in [-0.1, -0.05) is 44.9 Å². The van der Waals surface area contributed by atoms with Crippen LogP contribution in [0.25, 0.3) is 0 Å². The van der Waals surface area contributed by atoms with E-state index in [0.717, 1.165) is 36.6 Å². The number of rotatable bonds is 5. The second kappa shape index (κ2) is 8.23. The van der Waals surface area contributed by atoms with Gasteiger partial charge in [0.25, 0.3) is 0 Å². The fourth-order valence-corrected chi connectivity index (χ4v) is 6.41. The van der Waals surface area contributed by atoms with E-state index in [9.17, 15) is 0 Å². The van der Waals surface area contributed by atoms with Gasteiger partial charge in [-0.3, -0.25) is 4.90 Å². The van der Waals surface area contributed by atoms with Gasteiger partial charge in [0, 0.05) is 7.05 Å². The van der Waals surface area contributed by atoms with Crippen LogP contribution in [0.15, 0.2) is 29.6 Å². The SMILES string of the molecule is CC(=CC[NH+]1CN(C)c2ncnc(N)c21)CCC1(C)C2=CCCC(C)(C)C2CCC1C. The molecule has 4 unspecified atom stereocenters. The molecule has 0 amide bonds. The monoisotopic (exact) mass is 424 g/mol. The number of fused-ring (bicyclic) bond motifs is 2. The van der Waals surface area contributed by atoms with Crippen molar-refractivity contribution in [3.8, 4) is 0 Å². The third-order valence-electron chi connectivity index (χ3n) is 8.84. The van der Waals surface area contributed by atoms with E-state index in [1.54, 1.807) is 11.9 Å². The van der Waals surface area contributed by atoms with Gasteiger partial charge in [0.15, 0.2) is 12.5 Å². The fourth-order valence-electron chi connectivity index (χ4n) is 6.41. The Kier molecular flexibility index (Phi) is 5.93. The summed E-state index contributed by atoms with van der Waals surface area (Å²) in [6, 6.07) is 0. The maximum absolute atomic E-state index is 6.18. The molecule has 0 spiro atoms. The summed E-state index contributed by atoms with van der Waals surface area (Å²) in [6.45, 7) is 14.2. The highest BCUT2D eigenvalue weighted by Crippen LogP contribution is 2.58. The number of hydrogen-bond acceptors (Lipinski definition) is 4. The number of nitrogens with two attached hydrogens (primary N) is 1. The molecule has 5 nitrogen and oxygen atoms in total. The Balaban J connectivity index is 1.44. The first-order valence-electron chi connectivity index (χ1n) is 12.2. The fraction of sp³-hybridized carbons (Fsp3) is 0.692. The summed E-state index contributed by atoms with van der Waals surface area (Å²) in [5.74, 6) is 3.11. The van der Waals surface area contributed by atoms with Crippen molar-refractivity contribution >= 4 is 17.3 Å². The number of hydrogen-bond donors (Lipinski definition) is 2. The second-order valence-corrected chi connectivity index (χ2v) is 11.3. The van der Waals surface area contributed by atoms with Gasteiger partial charge >= 0.3 is 0 Å². The van der Waals surface area contributed by atoms with Crippen LogP contribution in [-0.4, -0.2) is 30.2 Å². The maximum Gasteiger partial charge on any atom is 0.218 e. The van der Waals surface area contributed by atoms with Crippen LogP contribution in [0, 0.1) is 22.7 Å². The molecular weight excluding hydrogens is 382 g/mol. The number of anilines is 2. The normalized spacial score (nSPS) is 32.5. The zero-order valence-corrected chi connectivity index (χ0v) is 20.5. The van der Waals surface area contributed by atoms with Gasteiger partial charge in [-0.15, -0.1) is 0 Å². The van der Waals surface area contributed by atoms with E-state index in [1.165, 1.54) is 49.0 Å². The predicted octanol–water partition coefficient (Wildman–Crippen LogP) is 4.51. The quantitative estimate of drug-likeness (QED) is 0.683. The van der Waals surface area contributed by atoms with Crippen molar-refractivity contribution in [2.45, 2.75) is 73.1 Å². The minimum atomic E-state index is 0.335. The van der Waals surface area contributed by atoms with Crippen molar-refractivity contribution in [2.75, 3.05) is 30.9 Å². The first kappa shape index (κ1) is 22.3. The van der Waals surface area contributed by atoms with E-state index < -0.39 is 0 Å². The smallest absolute Gasteiger partial charge is 0.218 e. The Labute approximate surface area is 188 Å². The Hall–Kier alpha value is -1.88. The minimum Gasteiger partial charge on any atom is -0.379 e. The summed E-state index contributed by atoms with van der Waals surface area (Å²) in [5, 5.41) is 0. The number of aromatic nitrogens is 2. The Morgan fingerprint density at radius 2 is 2.06 bits per heavy atom. The summed E-state index contributed by atoms with van der Waals surface area (Å²) >= 11 is 0. The van der Waals surface area contributed by atoms with Gasteiger partial charge in [-0.25, -0.2) is 9.97 Å². The highest BCUT2D eigenvalue weighted by atomic mass is 15.4. The standard InChI is InChI=1S/C26H41N5/c1-18(12-15-31-17-30(6)24-22(31)23(27)28-16-29-24)11-14-26(5)19(2)9-10-20-21(26)8-7-13-25(20,3)4/h8,12,16,19-20H,7,9-11,13-15,17H2,1-6H3,(H2,27,28,29)/p+1. The molecule has 2 aliphatic carbocycles. The molecule has 1 aromatic heterocycles. The molecule has 2 heterocycles. The molecule has 0 aromatic carbocycles. The van der Waals surface area contributed by atoms with Crippen molar-refractivity contribution in [3.05, 3.63) is 29.6 Å². The summed E-state index contributed by atoms with van der Waals surface area (Å²) in [4.78, 5) is 12.2. The van der Waals surface area contributed by atoms with Gasteiger partial charge in [0.2, 0.25) is 11.5 Å². The average Bonchev–Trinajstić information content (AvgIpc) is 3.05. The molecule has 1 saturated carbocycles. The third kappa shape index (κ3) is 4.02. The van der Waals surface area contributed by atoms with Crippen molar-refractivity contribution in [1.29, 1.82) is 0 Å². The zero-order valence-electron chi connectivity index (χ0n) is 20.5. The molecule has 1 aromatic rings. The number of allylic oxidation sites excluding steroid dienone is 3. The van der Waals surface area contributed by atoms with E-state index >= 15 is 0 Å². The Bertz CT molecular complexity index is 886. The molecular formula is C26H42N5+. The van der Waals surface area contributed by atoms with Crippen LogP contribution < -0.4 is 15.5 Å². The third-order valence-corrected chi connectivity index (χ3v) is 8.84. The van der Waals surface area contributed by atoms with E-state index in [0.29, 0.717) is 16.6 Å². The molecule has 0 saturated heterocycles. The molecule has 1 aliphatic heterocycles. The summed E-state index contributed by atoms with van der Waals surface area (Å²) < 4.78 is 0. The predicted molar refractivity (Wildman–Crippen MR) is 129 cm³/mol. The van der Waals surface area contributed by atoms with Crippen molar-refractivity contribution < 1.29 is 4.90 Å². The lowest BCUT2D eigenvalue weighted by Gasteiger charge is -2.53. The van der Waals surface area contributed by atoms with Crippen molar-refractivity contribution in [3.63, 3.8) is 0 Å². The number of nitrogen functional groups attached to an aromatic ring is 1. The summed E-state index contributed by atoms with van der Waals surface area (Å²) in [6.07, 6.45) is 14.4. The topological polar surface area (TPSA) is 59.5 Å². The molecule has 31 heavy (non-hydrogen) atoms. The van der Waals surface area contributed by atoms with Gasteiger partial charge in [-0.2, -0.15) is 0 Å². The van der Waals surface area contributed by atoms with Crippen LogP contribution in [0.4, 0.5) is 17.3 Å². The van der Waals surface area contributed by atoms with Gasteiger partial charge < -0.3 is 10.6 Å². The van der Waals surface area contributed by atoms with E-state index in [-0.39, 0.29) is 0 Å². The first-order chi connectivity index (χ1) is 14.6. The summed E-state index contributed by atoms with van der Waals surface area (Å²) in [5.41, 5.74) is 11.3. The molecule has 170 valence electrons. The molecule has 4 rings (SSSR count). The maximum atomic E-state index is 6.18. The Morgan fingerprint density at radius 3 is 2.84 bits per heavy atom. The van der Waals surface area contributed by atoms with Gasteiger partial charge in [0.05, 0.1) is 0 Å². The highest BCUT2D eigenvalue weighted by Gasteiger charge is 2.47. The number of nitrogens with one attached hydrogen (secondary N) is 1. The molecule has 1 fully saturated rings. The van der Waals surface area contributed by atoms with Crippen LogP contribution in [0.3, 0.4) is 0 Å². The van der Waals surface area contributed by atoms with E-state index in [2.05, 4.69) is 68.7 Å². The number of quaternary nitrogens is 1. The zero-order chi connectivity index (χ0) is 22.4. The lowest BCUT2D eigenvalue weighted by Crippen LogP contribution is -3.06. The van der Waals surface area contributed by atoms with Gasteiger partial charge in [0.1, 0.15) is 12.9 Å². The van der Waals surface area contributed by atoms with E-state index in [1.807, 2.05) is 0 Å². The lowest BCUT2D eigenvalue weighted by molar-refractivity contribution is -0.818. The largest absolute Gasteiger partial charge is 0.379 e. The Morgan fingerprint density at radius 1 is 1.29 bits per heavy atom. The molecule has 0 bridgehead atoms. The van der Waals surface area contributed by atoms with Crippen molar-refractivity contribution in [1.82, 2.24) is 9.97 Å². The van der Waals surface area contributed by atoms with Gasteiger partial charge in [-0.05, 0) is 74.2 Å². The molecule has 3 aliphatic rings. The lowest BCUT2D eigenvalue weighted by atomic mass is 9.52. The second-order valence-electron chi connectivity index (χ2n) is 11.3. The minimum absolute atomic E-state index is 0.335. The van der Waals surface area contributed by atoms with Crippen LogP contribution >= 0.6 is 0 Å². The van der Waals surface area contributed by atoms with E-state index in [4.69, 9.17) is 5.73 Å². The van der Waals surface area contributed by atoms with Crippen LogP contribution in [-0.2, 0) is 0 Å².